The standard InChI is InChI=1S/C18H19N3O3S/c1-3-6-16(22)20-14-7-4-5-8-15(14)24-11-13-9-17(23)21-10-12(2)25-18(21)19-13/h4-5,7-10H,3,6,11H2,1-2H3,(H,20,22). The number of rotatable bonds is 6. The Labute approximate surface area is 149 Å². The topological polar surface area (TPSA) is 72.7 Å². The molecule has 7 heteroatoms. The Bertz CT molecular complexity index is 962. The molecule has 0 saturated carbocycles. The van der Waals surface area contributed by atoms with E-state index in [1.54, 1.807) is 18.3 Å². The van der Waals surface area contributed by atoms with Gasteiger partial charge in [-0.15, -0.1) is 11.3 Å². The smallest absolute Gasteiger partial charge is 0.258 e. The lowest BCUT2D eigenvalue weighted by atomic mass is 10.2. The molecule has 3 rings (SSSR count). The monoisotopic (exact) mass is 357 g/mol. The van der Waals surface area contributed by atoms with Gasteiger partial charge in [-0.25, -0.2) is 4.98 Å². The van der Waals surface area contributed by atoms with Gasteiger partial charge in [0.25, 0.3) is 5.56 Å². The Morgan fingerprint density at radius 3 is 2.96 bits per heavy atom. The van der Waals surface area contributed by atoms with Crippen LogP contribution in [-0.2, 0) is 11.4 Å². The summed E-state index contributed by atoms with van der Waals surface area (Å²) in [6, 6.07) is 8.70. The minimum Gasteiger partial charge on any atom is -0.485 e. The van der Waals surface area contributed by atoms with Crippen LogP contribution >= 0.6 is 11.3 Å². The highest BCUT2D eigenvalue weighted by Crippen LogP contribution is 2.25. The number of nitrogens with zero attached hydrogens (tertiary/aromatic N) is 2. The summed E-state index contributed by atoms with van der Waals surface area (Å²) in [5.41, 5.74) is 1.05. The third kappa shape index (κ3) is 4.06. The van der Waals surface area contributed by atoms with Crippen molar-refractivity contribution in [3.8, 4) is 5.75 Å². The lowest BCUT2D eigenvalue weighted by Gasteiger charge is -2.12. The third-order valence-electron chi connectivity index (χ3n) is 3.55. The summed E-state index contributed by atoms with van der Waals surface area (Å²) < 4.78 is 7.32. The number of ether oxygens (including phenoxy) is 1. The molecule has 130 valence electrons. The van der Waals surface area contributed by atoms with Crippen LogP contribution in [0.15, 0.2) is 41.3 Å². The van der Waals surface area contributed by atoms with Crippen LogP contribution in [0.4, 0.5) is 5.69 Å². The van der Waals surface area contributed by atoms with Crippen LogP contribution in [0.1, 0.15) is 30.3 Å². The Balaban J connectivity index is 1.78. The maximum atomic E-state index is 12.1. The Kier molecular flexibility index (Phi) is 5.14. The molecule has 0 aliphatic rings. The van der Waals surface area contributed by atoms with E-state index in [9.17, 15) is 9.59 Å². The number of para-hydroxylation sites is 2. The van der Waals surface area contributed by atoms with Gasteiger partial charge in [0.15, 0.2) is 4.96 Å². The number of carbonyl (C=O) groups is 1. The molecule has 0 bridgehead atoms. The zero-order valence-corrected chi connectivity index (χ0v) is 14.9. The van der Waals surface area contributed by atoms with E-state index >= 15 is 0 Å². The minimum absolute atomic E-state index is 0.0506. The van der Waals surface area contributed by atoms with Gasteiger partial charge >= 0.3 is 0 Å². The number of hydrogen-bond donors (Lipinski definition) is 1. The molecular weight excluding hydrogens is 338 g/mol. The van der Waals surface area contributed by atoms with Gasteiger partial charge in [-0.3, -0.25) is 14.0 Å². The van der Waals surface area contributed by atoms with Gasteiger partial charge in [-0.2, -0.15) is 0 Å². The van der Waals surface area contributed by atoms with Gasteiger partial charge in [-0.1, -0.05) is 19.1 Å². The van der Waals surface area contributed by atoms with Crippen molar-refractivity contribution < 1.29 is 9.53 Å². The highest BCUT2D eigenvalue weighted by molar-refractivity contribution is 7.16. The van der Waals surface area contributed by atoms with Crippen LogP contribution in [0.3, 0.4) is 0 Å². The van der Waals surface area contributed by atoms with Crippen molar-refractivity contribution in [2.24, 2.45) is 0 Å². The molecule has 0 radical (unpaired) electrons. The van der Waals surface area contributed by atoms with E-state index in [-0.39, 0.29) is 18.1 Å². The van der Waals surface area contributed by atoms with Gasteiger partial charge in [0.05, 0.1) is 11.4 Å². The summed E-state index contributed by atoms with van der Waals surface area (Å²) in [7, 11) is 0. The van der Waals surface area contributed by atoms with E-state index in [0.29, 0.717) is 28.5 Å². The van der Waals surface area contributed by atoms with E-state index in [2.05, 4.69) is 10.3 Å². The van der Waals surface area contributed by atoms with Crippen LogP contribution in [0, 0.1) is 6.92 Å². The molecule has 0 spiro atoms. The zero-order valence-electron chi connectivity index (χ0n) is 14.1. The molecular formula is C18H19N3O3S. The molecule has 0 atom stereocenters. The van der Waals surface area contributed by atoms with E-state index < -0.39 is 0 Å². The maximum Gasteiger partial charge on any atom is 0.258 e. The van der Waals surface area contributed by atoms with Gasteiger partial charge in [0.1, 0.15) is 12.4 Å². The van der Waals surface area contributed by atoms with Crippen LogP contribution in [0.5, 0.6) is 5.75 Å². The van der Waals surface area contributed by atoms with Gasteiger partial charge in [-0.05, 0) is 25.5 Å². The first kappa shape index (κ1) is 17.2. The minimum atomic E-state index is -0.127. The number of amides is 1. The normalized spacial score (nSPS) is 10.8. The molecule has 25 heavy (non-hydrogen) atoms. The number of nitrogens with one attached hydrogen (secondary N) is 1. The molecule has 1 aromatic carbocycles. The summed E-state index contributed by atoms with van der Waals surface area (Å²) >= 11 is 1.46. The first-order chi connectivity index (χ1) is 12.1. The molecule has 0 saturated heterocycles. The molecule has 0 aliphatic heterocycles. The van der Waals surface area contributed by atoms with Crippen molar-refractivity contribution >= 4 is 27.9 Å². The second kappa shape index (κ2) is 7.48. The van der Waals surface area contributed by atoms with Crippen LogP contribution in [-0.4, -0.2) is 15.3 Å². The van der Waals surface area contributed by atoms with Gasteiger partial charge in [0, 0.05) is 23.6 Å². The summed E-state index contributed by atoms with van der Waals surface area (Å²) in [6.45, 7) is 4.04. The van der Waals surface area contributed by atoms with Crippen molar-refractivity contribution in [1.29, 1.82) is 0 Å². The fourth-order valence-electron chi connectivity index (χ4n) is 2.42. The fraction of sp³-hybridized carbons (Fsp3) is 0.278. The number of aromatic nitrogens is 2. The Hall–Kier alpha value is -2.67. The summed E-state index contributed by atoms with van der Waals surface area (Å²) in [4.78, 5) is 30.1. The fourth-order valence-corrected chi connectivity index (χ4v) is 3.27. The van der Waals surface area contributed by atoms with Crippen molar-refractivity contribution in [2.45, 2.75) is 33.3 Å². The Morgan fingerprint density at radius 1 is 1.36 bits per heavy atom. The molecule has 3 aromatic rings. The summed E-state index contributed by atoms with van der Waals surface area (Å²) in [5, 5.41) is 2.84. The molecule has 6 nitrogen and oxygen atoms in total. The van der Waals surface area contributed by atoms with Crippen LogP contribution < -0.4 is 15.6 Å². The molecule has 2 aromatic heterocycles. The largest absolute Gasteiger partial charge is 0.485 e. The first-order valence-corrected chi connectivity index (χ1v) is 8.89. The number of aryl methyl sites for hydroxylation is 1. The average molecular weight is 357 g/mol. The lowest BCUT2D eigenvalue weighted by Crippen LogP contribution is -2.15. The summed E-state index contributed by atoms with van der Waals surface area (Å²) in [5.74, 6) is 0.502. The van der Waals surface area contributed by atoms with Crippen LogP contribution in [0.25, 0.3) is 4.96 Å². The Morgan fingerprint density at radius 2 is 2.16 bits per heavy atom. The van der Waals surface area contributed by atoms with E-state index in [0.717, 1.165) is 11.3 Å². The van der Waals surface area contributed by atoms with Crippen molar-refractivity contribution in [2.75, 3.05) is 5.32 Å². The second-order valence-corrected chi connectivity index (χ2v) is 6.88. The highest BCUT2D eigenvalue weighted by atomic mass is 32.1. The zero-order chi connectivity index (χ0) is 17.8. The molecule has 2 heterocycles. The quantitative estimate of drug-likeness (QED) is 0.734. The number of carbonyl (C=O) groups excluding carboxylic acids is 1. The number of benzene rings is 1. The van der Waals surface area contributed by atoms with Crippen LogP contribution in [0.2, 0.25) is 0 Å². The van der Waals surface area contributed by atoms with E-state index in [1.807, 2.05) is 26.0 Å². The van der Waals surface area contributed by atoms with Gasteiger partial charge < -0.3 is 10.1 Å². The van der Waals surface area contributed by atoms with E-state index in [4.69, 9.17) is 4.74 Å². The molecule has 0 fully saturated rings. The SMILES string of the molecule is CCCC(=O)Nc1ccccc1OCc1cc(=O)n2cc(C)sc2n1. The molecule has 1 N–H and O–H groups in total. The second-order valence-electron chi connectivity index (χ2n) is 5.66. The van der Waals surface area contributed by atoms with Crippen molar-refractivity contribution in [3.05, 3.63) is 57.5 Å². The predicted molar refractivity (Wildman–Crippen MR) is 98.4 cm³/mol. The maximum absolute atomic E-state index is 12.1. The number of thiazole rings is 1. The number of hydrogen-bond acceptors (Lipinski definition) is 5. The molecule has 0 aliphatic carbocycles. The summed E-state index contributed by atoms with van der Waals surface area (Å²) in [6.07, 6.45) is 3.02. The lowest BCUT2D eigenvalue weighted by molar-refractivity contribution is -0.116. The predicted octanol–water partition coefficient (Wildman–Crippen LogP) is 3.38. The van der Waals surface area contributed by atoms with Gasteiger partial charge in [0.2, 0.25) is 5.91 Å². The average Bonchev–Trinajstić information content (AvgIpc) is 2.95. The number of fused-ring (bicyclic) bond motifs is 1. The highest BCUT2D eigenvalue weighted by Gasteiger charge is 2.09. The van der Waals surface area contributed by atoms with Crippen molar-refractivity contribution in [1.82, 2.24) is 9.38 Å². The van der Waals surface area contributed by atoms with Crippen molar-refractivity contribution in [3.63, 3.8) is 0 Å². The molecule has 0 unspecified atom stereocenters. The molecule has 1 amide bonds. The first-order valence-electron chi connectivity index (χ1n) is 8.07. The van der Waals surface area contributed by atoms with E-state index in [1.165, 1.54) is 21.8 Å². The number of anilines is 1. The third-order valence-corrected chi connectivity index (χ3v) is 4.45.